The van der Waals surface area contributed by atoms with Crippen molar-refractivity contribution in [1.29, 1.82) is 0 Å². The number of thioether (sulfide) groups is 1. The molecule has 0 bridgehead atoms. The van der Waals surface area contributed by atoms with Crippen molar-refractivity contribution >= 4 is 40.2 Å². The molecular formula is C12H13ClN2O4S. The summed E-state index contributed by atoms with van der Waals surface area (Å²) in [6.45, 7) is 1.08. The van der Waals surface area contributed by atoms with E-state index in [2.05, 4.69) is 5.10 Å². The van der Waals surface area contributed by atoms with Gasteiger partial charge in [0.05, 0.1) is 16.8 Å². The Kier molecular flexibility index (Phi) is 6.00. The smallest absolute Gasteiger partial charge is 0.300 e. The number of hydrogen-bond acceptors (Lipinski definition) is 5. The molecule has 0 amide bonds. The topological polar surface area (TPSA) is 92.4 Å². The van der Waals surface area contributed by atoms with E-state index in [9.17, 15) is 4.79 Å². The van der Waals surface area contributed by atoms with Gasteiger partial charge in [0.15, 0.2) is 5.03 Å². The Labute approximate surface area is 124 Å². The normalized spacial score (nSPS) is 10.0. The number of hydrogen-bond donors (Lipinski definition) is 2. The molecular weight excluding hydrogens is 304 g/mol. The van der Waals surface area contributed by atoms with Crippen LogP contribution in [0.3, 0.4) is 0 Å². The van der Waals surface area contributed by atoms with Crippen molar-refractivity contribution in [3.63, 3.8) is 0 Å². The molecule has 0 aliphatic heterocycles. The van der Waals surface area contributed by atoms with Gasteiger partial charge in [-0.1, -0.05) is 23.4 Å². The highest BCUT2D eigenvalue weighted by Gasteiger charge is 2.09. The molecule has 2 N–H and O–H groups in total. The Morgan fingerprint density at radius 1 is 1.50 bits per heavy atom. The Morgan fingerprint density at radius 3 is 2.65 bits per heavy atom. The number of halogens is 1. The third-order valence-electron chi connectivity index (χ3n) is 2.19. The lowest BCUT2D eigenvalue weighted by molar-refractivity contribution is -0.134. The van der Waals surface area contributed by atoms with Gasteiger partial charge in [-0.15, -0.1) is 0 Å². The predicted octanol–water partition coefficient (Wildman–Crippen LogP) is 1.72. The molecule has 2 aromatic rings. The highest BCUT2D eigenvalue weighted by molar-refractivity contribution is 7.99. The van der Waals surface area contributed by atoms with Gasteiger partial charge in [-0.2, -0.15) is 5.10 Å². The number of aliphatic carboxylic acids is 1. The van der Waals surface area contributed by atoms with Crippen molar-refractivity contribution in [3.05, 3.63) is 33.4 Å². The number of aliphatic hydroxyl groups excluding tert-OH is 1. The van der Waals surface area contributed by atoms with Crippen LogP contribution in [0.5, 0.6) is 0 Å². The average molecular weight is 317 g/mol. The van der Waals surface area contributed by atoms with E-state index in [1.165, 1.54) is 0 Å². The first-order chi connectivity index (χ1) is 9.36. The van der Waals surface area contributed by atoms with E-state index in [-0.39, 0.29) is 16.4 Å². The monoisotopic (exact) mass is 316 g/mol. The second-order valence-electron chi connectivity index (χ2n) is 3.71. The van der Waals surface area contributed by atoms with Crippen molar-refractivity contribution in [2.75, 3.05) is 5.94 Å². The first-order valence-electron chi connectivity index (χ1n) is 5.46. The number of carboxylic acid groups (broad SMARTS) is 1. The molecule has 2 rings (SSSR count). The highest BCUT2D eigenvalue weighted by atomic mass is 35.5. The van der Waals surface area contributed by atoms with Gasteiger partial charge in [0, 0.05) is 19.0 Å². The fraction of sp³-hybridized carbons (Fsp3) is 0.250. The summed E-state index contributed by atoms with van der Waals surface area (Å²) in [5.74, 6) is -1.01. The Bertz CT molecular complexity index is 683. The van der Waals surface area contributed by atoms with Crippen molar-refractivity contribution in [2.45, 2.75) is 11.9 Å². The largest absolute Gasteiger partial charge is 0.481 e. The molecule has 0 saturated heterocycles. The maximum atomic E-state index is 12.0. The van der Waals surface area contributed by atoms with Crippen LogP contribution in [0.15, 0.2) is 28.0 Å². The third-order valence-corrected chi connectivity index (χ3v) is 3.09. The van der Waals surface area contributed by atoms with Crippen LogP contribution in [0, 0.1) is 0 Å². The van der Waals surface area contributed by atoms with Crippen LogP contribution < -0.4 is 5.43 Å². The molecule has 1 aromatic carbocycles. The van der Waals surface area contributed by atoms with Gasteiger partial charge in [-0.3, -0.25) is 14.3 Å². The van der Waals surface area contributed by atoms with Gasteiger partial charge in [0.2, 0.25) is 5.43 Å². The first-order valence-corrected chi connectivity index (χ1v) is 6.83. The van der Waals surface area contributed by atoms with Gasteiger partial charge in [-0.05, 0) is 18.2 Å². The number of fused-ring (bicyclic) bond motifs is 1. The van der Waals surface area contributed by atoms with Crippen molar-refractivity contribution in [1.82, 2.24) is 9.78 Å². The summed E-state index contributed by atoms with van der Waals surface area (Å²) < 4.78 is 1.60. The lowest BCUT2D eigenvalue weighted by Crippen LogP contribution is -2.14. The number of rotatable bonds is 2. The van der Waals surface area contributed by atoms with E-state index in [0.717, 1.165) is 24.2 Å². The van der Waals surface area contributed by atoms with Gasteiger partial charge < -0.3 is 10.2 Å². The van der Waals surface area contributed by atoms with Gasteiger partial charge >= 0.3 is 0 Å². The van der Waals surface area contributed by atoms with Crippen LogP contribution >= 0.6 is 23.4 Å². The number of carboxylic acids is 1. The summed E-state index contributed by atoms with van der Waals surface area (Å²) in [6, 6.07) is 5.08. The Morgan fingerprint density at radius 2 is 2.10 bits per heavy atom. The standard InChI is InChI=1S/C10H9ClN2O2S.C2H4O2/c1-13-8-3-2-6(11)4-7(8)9(15)10(12-13)16-5-14;1-2(3)4/h2-4,14H,5H2,1H3;1H3,(H,3,4). The van der Waals surface area contributed by atoms with Crippen LogP contribution in [0.2, 0.25) is 5.02 Å². The van der Waals surface area contributed by atoms with Crippen LogP contribution in [0.25, 0.3) is 10.9 Å². The molecule has 1 heterocycles. The molecule has 6 nitrogen and oxygen atoms in total. The summed E-state index contributed by atoms with van der Waals surface area (Å²) >= 11 is 6.85. The van der Waals surface area contributed by atoms with Crippen LogP contribution in [0.4, 0.5) is 0 Å². The fourth-order valence-electron chi connectivity index (χ4n) is 1.48. The quantitative estimate of drug-likeness (QED) is 0.647. The van der Waals surface area contributed by atoms with Crippen LogP contribution in [-0.2, 0) is 11.8 Å². The zero-order valence-electron chi connectivity index (χ0n) is 10.8. The summed E-state index contributed by atoms with van der Waals surface area (Å²) in [7, 11) is 1.75. The Balaban J connectivity index is 0.000000444. The second kappa shape index (κ2) is 7.28. The summed E-state index contributed by atoms with van der Waals surface area (Å²) in [5.41, 5.74) is 0.520. The minimum absolute atomic E-state index is 0.172. The second-order valence-corrected chi connectivity index (χ2v) is 5.08. The third kappa shape index (κ3) is 4.22. The lowest BCUT2D eigenvalue weighted by atomic mass is 10.2. The van der Waals surface area contributed by atoms with E-state index in [1.54, 1.807) is 29.9 Å². The maximum absolute atomic E-state index is 12.0. The molecule has 0 saturated carbocycles. The van der Waals surface area contributed by atoms with Crippen LogP contribution in [0.1, 0.15) is 6.92 Å². The molecule has 0 spiro atoms. The van der Waals surface area contributed by atoms with E-state index in [0.29, 0.717) is 10.4 Å². The van der Waals surface area contributed by atoms with E-state index in [4.69, 9.17) is 26.6 Å². The molecule has 0 aliphatic carbocycles. The average Bonchev–Trinajstić information content (AvgIpc) is 2.35. The first kappa shape index (κ1) is 16.5. The number of aromatic nitrogens is 2. The molecule has 108 valence electrons. The van der Waals surface area contributed by atoms with E-state index >= 15 is 0 Å². The molecule has 0 radical (unpaired) electrons. The fourth-order valence-corrected chi connectivity index (χ4v) is 2.19. The molecule has 1 aromatic heterocycles. The number of aryl methyl sites for hydroxylation is 1. The molecule has 0 aliphatic rings. The zero-order chi connectivity index (χ0) is 15.3. The van der Waals surface area contributed by atoms with Crippen molar-refractivity contribution < 1.29 is 15.0 Å². The minimum atomic E-state index is -0.833. The van der Waals surface area contributed by atoms with E-state index < -0.39 is 5.97 Å². The summed E-state index contributed by atoms with van der Waals surface area (Å²) in [6.07, 6.45) is 0. The number of aliphatic hydroxyl groups is 1. The van der Waals surface area contributed by atoms with E-state index in [1.807, 2.05) is 0 Å². The number of nitrogens with zero attached hydrogens (tertiary/aromatic N) is 2. The van der Waals surface area contributed by atoms with Crippen LogP contribution in [-0.4, -0.2) is 31.9 Å². The summed E-state index contributed by atoms with van der Waals surface area (Å²) in [5, 5.41) is 21.6. The molecule has 8 heteroatoms. The Hall–Kier alpha value is -1.57. The number of benzene rings is 1. The van der Waals surface area contributed by atoms with Gasteiger partial charge in [0.1, 0.15) is 0 Å². The highest BCUT2D eigenvalue weighted by Crippen LogP contribution is 2.18. The predicted molar refractivity (Wildman–Crippen MR) is 78.2 cm³/mol. The van der Waals surface area contributed by atoms with Gasteiger partial charge in [0.25, 0.3) is 5.97 Å². The van der Waals surface area contributed by atoms with Crippen molar-refractivity contribution in [2.24, 2.45) is 7.05 Å². The minimum Gasteiger partial charge on any atom is -0.481 e. The SMILES string of the molecule is CC(=O)O.Cn1nc(SCO)c(=O)c2cc(Cl)ccc21. The molecule has 0 atom stereocenters. The number of carbonyl (C=O) groups is 1. The lowest BCUT2D eigenvalue weighted by Gasteiger charge is -2.06. The molecule has 0 fully saturated rings. The van der Waals surface area contributed by atoms with Crippen molar-refractivity contribution in [3.8, 4) is 0 Å². The summed E-state index contributed by atoms with van der Waals surface area (Å²) in [4.78, 5) is 21.0. The van der Waals surface area contributed by atoms with Gasteiger partial charge in [-0.25, -0.2) is 0 Å². The maximum Gasteiger partial charge on any atom is 0.300 e. The molecule has 20 heavy (non-hydrogen) atoms. The zero-order valence-corrected chi connectivity index (χ0v) is 12.4. The molecule has 0 unspecified atom stereocenters.